The molecule has 9 heteroatoms. The second kappa shape index (κ2) is 7.32. The molecule has 0 radical (unpaired) electrons. The van der Waals surface area contributed by atoms with Gasteiger partial charge in [-0.2, -0.15) is 0 Å². The normalized spacial score (nSPS) is 13.4. The predicted molar refractivity (Wildman–Crippen MR) is 76.2 cm³/mol. The first kappa shape index (κ1) is 17.3. The second-order valence-corrected chi connectivity index (χ2v) is 6.69. The van der Waals surface area contributed by atoms with Gasteiger partial charge in [0, 0.05) is 23.8 Å². The molecule has 0 aromatic heterocycles. The molecule has 4 N–H and O–H groups in total. The third-order valence-electron chi connectivity index (χ3n) is 2.47. The van der Waals surface area contributed by atoms with E-state index in [9.17, 15) is 17.9 Å². The summed E-state index contributed by atoms with van der Waals surface area (Å²) in [5.41, 5.74) is 5.66. The number of anilines is 1. The number of aliphatic hydroxyl groups excluding tert-OH is 1. The van der Waals surface area contributed by atoms with E-state index < -0.39 is 26.8 Å². The summed E-state index contributed by atoms with van der Waals surface area (Å²) in [4.78, 5) is -0.528. The maximum atomic E-state index is 13.7. The smallest absolute Gasteiger partial charge is 0.243 e. The molecule has 0 aliphatic carbocycles. The van der Waals surface area contributed by atoms with Gasteiger partial charge in [-0.1, -0.05) is 0 Å². The molecule has 0 saturated heterocycles. The summed E-state index contributed by atoms with van der Waals surface area (Å²) in [5.74, 6) is -0.906. The Balaban J connectivity index is 2.77. The minimum Gasteiger partial charge on any atom is -0.398 e. The van der Waals surface area contributed by atoms with E-state index in [1.54, 1.807) is 0 Å². The zero-order valence-electron chi connectivity index (χ0n) is 10.8. The van der Waals surface area contributed by atoms with Crippen LogP contribution in [0.5, 0.6) is 0 Å². The molecular formula is C11H16BrFN2O4S. The van der Waals surface area contributed by atoms with E-state index in [2.05, 4.69) is 20.7 Å². The topological polar surface area (TPSA) is 102 Å². The molecule has 0 fully saturated rings. The molecule has 6 nitrogen and oxygen atoms in total. The molecule has 20 heavy (non-hydrogen) atoms. The number of hydrogen-bond acceptors (Lipinski definition) is 5. The first-order valence-electron chi connectivity index (χ1n) is 5.69. The van der Waals surface area contributed by atoms with Crippen LogP contribution in [0, 0.1) is 5.82 Å². The van der Waals surface area contributed by atoms with Gasteiger partial charge in [0.1, 0.15) is 10.7 Å². The molecule has 0 amide bonds. The molecule has 0 aliphatic rings. The van der Waals surface area contributed by atoms with Crippen LogP contribution in [0.2, 0.25) is 0 Å². The number of nitrogen functional groups attached to an aromatic ring is 1. The Bertz CT molecular complexity index is 568. The van der Waals surface area contributed by atoms with Gasteiger partial charge in [-0.25, -0.2) is 17.5 Å². The van der Waals surface area contributed by atoms with Gasteiger partial charge in [0.25, 0.3) is 0 Å². The quantitative estimate of drug-likeness (QED) is 0.617. The summed E-state index contributed by atoms with van der Waals surface area (Å²) >= 11 is 3.01. The molecule has 1 aromatic carbocycles. The van der Waals surface area contributed by atoms with E-state index >= 15 is 0 Å². The summed E-state index contributed by atoms with van der Waals surface area (Å²) in [6.45, 7) is 0.0591. The van der Waals surface area contributed by atoms with Crippen molar-refractivity contribution in [3.63, 3.8) is 0 Å². The number of sulfonamides is 1. The monoisotopic (exact) mass is 370 g/mol. The fraction of sp³-hybridized carbons (Fsp3) is 0.455. The Labute approximate surface area is 125 Å². The van der Waals surface area contributed by atoms with Gasteiger partial charge in [0.15, 0.2) is 0 Å². The Morgan fingerprint density at radius 2 is 2.20 bits per heavy atom. The van der Waals surface area contributed by atoms with E-state index in [0.717, 1.165) is 12.1 Å². The Hall–Kier alpha value is -0.740. The first-order chi connectivity index (χ1) is 9.27. The van der Waals surface area contributed by atoms with Gasteiger partial charge in [-0.3, -0.25) is 0 Å². The van der Waals surface area contributed by atoms with Gasteiger partial charge in [-0.05, 0) is 34.5 Å². The Kier molecular flexibility index (Phi) is 6.34. The van der Waals surface area contributed by atoms with Gasteiger partial charge in [0.2, 0.25) is 10.0 Å². The highest BCUT2D eigenvalue weighted by atomic mass is 79.9. The van der Waals surface area contributed by atoms with Crippen molar-refractivity contribution < 1.29 is 22.7 Å². The molecule has 0 aliphatic heterocycles. The minimum atomic E-state index is -4.02. The highest BCUT2D eigenvalue weighted by Crippen LogP contribution is 2.25. The van der Waals surface area contributed by atoms with Crippen LogP contribution < -0.4 is 10.5 Å². The van der Waals surface area contributed by atoms with Crippen molar-refractivity contribution in [2.75, 3.05) is 26.0 Å². The largest absolute Gasteiger partial charge is 0.398 e. The number of aliphatic hydroxyl groups is 1. The van der Waals surface area contributed by atoms with Crippen molar-refractivity contribution in [3.8, 4) is 0 Å². The van der Waals surface area contributed by atoms with Gasteiger partial charge >= 0.3 is 0 Å². The average molecular weight is 371 g/mol. The zero-order chi connectivity index (χ0) is 15.3. The SMILES string of the molecule is COCC(O)CCNS(=O)(=O)c1cc(N)c(Br)cc1F. The summed E-state index contributed by atoms with van der Waals surface area (Å²) < 4.78 is 44.7. The number of rotatable bonds is 7. The third kappa shape index (κ3) is 4.67. The van der Waals surface area contributed by atoms with Crippen LogP contribution in [-0.4, -0.2) is 39.9 Å². The molecule has 0 heterocycles. The van der Waals surface area contributed by atoms with Crippen LogP contribution in [0.25, 0.3) is 0 Å². The summed E-state index contributed by atoms with van der Waals surface area (Å²) in [6, 6.07) is 2.02. The maximum Gasteiger partial charge on any atom is 0.243 e. The molecule has 1 rings (SSSR count). The lowest BCUT2D eigenvalue weighted by Crippen LogP contribution is -2.29. The fourth-order valence-electron chi connectivity index (χ4n) is 1.46. The van der Waals surface area contributed by atoms with E-state index in [4.69, 9.17) is 10.5 Å². The average Bonchev–Trinajstić information content (AvgIpc) is 2.33. The van der Waals surface area contributed by atoms with Crippen molar-refractivity contribution in [2.45, 2.75) is 17.4 Å². The molecule has 0 spiro atoms. The number of hydrogen-bond donors (Lipinski definition) is 3. The van der Waals surface area contributed by atoms with E-state index in [1.165, 1.54) is 7.11 Å². The van der Waals surface area contributed by atoms with Crippen LogP contribution in [0.1, 0.15) is 6.42 Å². The molecule has 1 aromatic rings. The lowest BCUT2D eigenvalue weighted by molar-refractivity contribution is 0.0603. The fourth-order valence-corrected chi connectivity index (χ4v) is 2.92. The van der Waals surface area contributed by atoms with Gasteiger partial charge in [-0.15, -0.1) is 0 Å². The summed E-state index contributed by atoms with van der Waals surface area (Å²) in [7, 11) is -2.59. The number of methoxy groups -OCH3 is 1. The molecular weight excluding hydrogens is 355 g/mol. The molecule has 0 bridgehead atoms. The number of nitrogens with one attached hydrogen (secondary N) is 1. The van der Waals surface area contributed by atoms with Crippen molar-refractivity contribution in [1.29, 1.82) is 0 Å². The van der Waals surface area contributed by atoms with Gasteiger partial charge < -0.3 is 15.6 Å². The van der Waals surface area contributed by atoms with Crippen molar-refractivity contribution in [3.05, 3.63) is 22.4 Å². The zero-order valence-corrected chi connectivity index (χ0v) is 13.2. The summed E-state index contributed by atoms with van der Waals surface area (Å²) in [5, 5.41) is 9.39. The highest BCUT2D eigenvalue weighted by Gasteiger charge is 2.20. The van der Waals surface area contributed by atoms with Crippen LogP contribution in [-0.2, 0) is 14.8 Å². The molecule has 114 valence electrons. The van der Waals surface area contributed by atoms with E-state index in [-0.39, 0.29) is 29.7 Å². The van der Waals surface area contributed by atoms with Crippen molar-refractivity contribution >= 4 is 31.6 Å². The van der Waals surface area contributed by atoms with Crippen LogP contribution in [0.4, 0.5) is 10.1 Å². The summed E-state index contributed by atoms with van der Waals surface area (Å²) in [6.07, 6.45) is -0.636. The van der Waals surface area contributed by atoms with Crippen LogP contribution >= 0.6 is 15.9 Å². The number of benzene rings is 1. The second-order valence-electron chi connectivity index (χ2n) is 4.10. The molecule has 1 atom stereocenters. The Morgan fingerprint density at radius 1 is 1.55 bits per heavy atom. The highest BCUT2D eigenvalue weighted by molar-refractivity contribution is 9.10. The van der Waals surface area contributed by atoms with Crippen LogP contribution in [0.3, 0.4) is 0 Å². The van der Waals surface area contributed by atoms with Crippen molar-refractivity contribution in [2.24, 2.45) is 0 Å². The number of halogens is 2. The minimum absolute atomic E-state index is 0.0394. The van der Waals surface area contributed by atoms with Gasteiger partial charge in [0.05, 0.1) is 12.7 Å². The number of ether oxygens (including phenoxy) is 1. The first-order valence-corrected chi connectivity index (χ1v) is 7.96. The lowest BCUT2D eigenvalue weighted by atomic mass is 10.3. The Morgan fingerprint density at radius 3 is 2.80 bits per heavy atom. The van der Waals surface area contributed by atoms with E-state index in [1.807, 2.05) is 0 Å². The maximum absolute atomic E-state index is 13.7. The number of nitrogens with two attached hydrogens (primary N) is 1. The third-order valence-corrected chi connectivity index (χ3v) is 4.63. The standard InChI is InChI=1S/C11H16BrFN2O4S/c1-19-6-7(16)2-3-15-20(17,18)11-5-10(14)8(12)4-9(11)13/h4-5,7,15-16H,2-3,6,14H2,1H3. The predicted octanol–water partition coefficient (Wildman–Crippen LogP) is 0.846. The lowest BCUT2D eigenvalue weighted by Gasteiger charge is -2.11. The molecule has 1 unspecified atom stereocenters. The molecule has 0 saturated carbocycles. The van der Waals surface area contributed by atoms with Crippen molar-refractivity contribution in [1.82, 2.24) is 4.72 Å². The van der Waals surface area contributed by atoms with E-state index in [0.29, 0.717) is 0 Å². The van der Waals surface area contributed by atoms with Crippen LogP contribution in [0.15, 0.2) is 21.5 Å².